The number of rotatable bonds is 9. The first kappa shape index (κ1) is 41.7. The van der Waals surface area contributed by atoms with Gasteiger partial charge in [-0.25, -0.2) is 9.37 Å². The van der Waals surface area contributed by atoms with E-state index in [2.05, 4.69) is 73.5 Å². The van der Waals surface area contributed by atoms with Crippen LogP contribution in [0, 0.1) is 32.5 Å². The van der Waals surface area contributed by atoms with Gasteiger partial charge in [0.25, 0.3) is 0 Å². The van der Waals surface area contributed by atoms with Gasteiger partial charge in [-0.1, -0.05) is 81.2 Å². The van der Waals surface area contributed by atoms with Crippen molar-refractivity contribution in [3.8, 4) is 0 Å². The Morgan fingerprint density at radius 2 is 1.76 bits per heavy atom. The van der Waals surface area contributed by atoms with E-state index in [1.54, 1.807) is 24.3 Å². The van der Waals surface area contributed by atoms with E-state index >= 15 is 0 Å². The average Bonchev–Trinajstić information content (AvgIpc) is 3.57. The molecule has 0 unspecified atom stereocenters. The summed E-state index contributed by atoms with van der Waals surface area (Å²) >= 11 is 5.61. The molecule has 1 aromatic heterocycles. The predicted molar refractivity (Wildman–Crippen MR) is 210 cm³/mol. The van der Waals surface area contributed by atoms with Gasteiger partial charge >= 0.3 is 0 Å². The molecule has 0 amide bonds. The molecule has 0 saturated carbocycles. The number of aromatic nitrogens is 1. The van der Waals surface area contributed by atoms with Crippen LogP contribution in [-0.4, -0.2) is 69.0 Å². The number of hydrogen-bond donors (Lipinski definition) is 0. The van der Waals surface area contributed by atoms with Crippen molar-refractivity contribution in [3.63, 3.8) is 0 Å². The highest BCUT2D eigenvalue weighted by molar-refractivity contribution is 6.80. The number of anilines is 1. The fourth-order valence-electron chi connectivity index (χ4n) is 5.09. The topological polar surface area (TPSA) is 48.8 Å². The lowest BCUT2D eigenvalue weighted by Gasteiger charge is -2.35. The minimum Gasteiger partial charge on any atom is -0.354 e. The van der Waals surface area contributed by atoms with Crippen molar-refractivity contribution in [2.45, 2.75) is 74.1 Å². The number of aliphatic imine (C=N–C) groups is 1. The maximum absolute atomic E-state index is 13.1. The van der Waals surface area contributed by atoms with Crippen molar-refractivity contribution in [1.29, 1.82) is 0 Å². The number of benzene rings is 2. The number of nitrogens with zero attached hydrogens (tertiary/aromatic N) is 4. The molecule has 0 aliphatic carbocycles. The summed E-state index contributed by atoms with van der Waals surface area (Å²) in [5.74, 6) is 3.38. The normalized spacial score (nSPS) is 13.6. The number of carbonyl (C=O) groups is 1. The van der Waals surface area contributed by atoms with Crippen LogP contribution in [0.4, 0.5) is 10.2 Å². The highest BCUT2D eigenvalue weighted by Crippen LogP contribution is 2.17. The van der Waals surface area contributed by atoms with Crippen molar-refractivity contribution >= 4 is 43.8 Å². The summed E-state index contributed by atoms with van der Waals surface area (Å²) in [6, 6.07) is 16.5. The lowest BCUT2D eigenvalue weighted by Crippen LogP contribution is -2.47. The van der Waals surface area contributed by atoms with E-state index in [0.717, 1.165) is 68.2 Å². The van der Waals surface area contributed by atoms with Gasteiger partial charge < -0.3 is 9.69 Å². The number of hydrogen-bond acceptors (Lipinski definition) is 5. The highest BCUT2D eigenvalue weighted by atomic mass is 35.5. The zero-order chi connectivity index (χ0) is 36.3. The van der Waals surface area contributed by atoms with E-state index in [4.69, 9.17) is 19.4 Å². The number of pyridine rings is 1. The summed E-state index contributed by atoms with van der Waals surface area (Å²) in [6.45, 7) is 23.7. The molecule has 9 heteroatoms. The Balaban J connectivity index is 0.000000234. The predicted octanol–water partition coefficient (Wildman–Crippen LogP) is 9.14. The standard InChI is InChI=1S/C14H21N3.C10H12ClF.C9H9BO.C7H11BN/c1-12(2)11-16-7-9-17(10-8-16)14-6-4-5-13(3)15-14;1-7(2)5-8-3-4-9(11)6-10(8)12;1-6-3-4-8(9(10)11)5-7(6)2;1-2-3-4-7-8-5-6-9-7/h4-6H,1,7-11H2,2-3H3;3-4,6-7H,5H2,1-2H3;3-5H,1-2H3;5-6H,2-4H2,1H3. The molecule has 2 aliphatic rings. The van der Waals surface area contributed by atoms with Crippen LogP contribution in [0.1, 0.15) is 79.7 Å². The van der Waals surface area contributed by atoms with Gasteiger partial charge in [-0.15, -0.1) is 0 Å². The second-order valence-electron chi connectivity index (χ2n) is 13.1. The highest BCUT2D eigenvalue weighted by Gasteiger charge is 2.17. The van der Waals surface area contributed by atoms with Crippen molar-refractivity contribution in [3.05, 3.63) is 118 Å². The first-order valence-electron chi connectivity index (χ1n) is 17.2. The molecule has 49 heavy (non-hydrogen) atoms. The lowest BCUT2D eigenvalue weighted by atomic mass is 9.72. The van der Waals surface area contributed by atoms with Crippen LogP contribution in [0.2, 0.25) is 5.02 Å². The van der Waals surface area contributed by atoms with E-state index in [0.29, 0.717) is 16.5 Å². The lowest BCUT2D eigenvalue weighted by molar-refractivity contribution is 0.108. The van der Waals surface area contributed by atoms with Gasteiger partial charge in [-0.3, -0.25) is 9.89 Å². The fraction of sp³-hybridized carbons (Fsp3) is 0.425. The van der Waals surface area contributed by atoms with E-state index < -0.39 is 0 Å². The Kier molecular flexibility index (Phi) is 19.0. The second-order valence-corrected chi connectivity index (χ2v) is 13.5. The van der Waals surface area contributed by atoms with Crippen LogP contribution in [-0.2, 0) is 6.42 Å². The van der Waals surface area contributed by atoms with Gasteiger partial charge in [0.1, 0.15) is 17.3 Å². The molecule has 3 heterocycles. The Bertz CT molecular complexity index is 1550. The smallest absolute Gasteiger partial charge is 0.203 e. The molecule has 2 aliphatic heterocycles. The van der Waals surface area contributed by atoms with Gasteiger partial charge in [0.2, 0.25) is 7.28 Å². The van der Waals surface area contributed by atoms with Crippen LogP contribution in [0.3, 0.4) is 0 Å². The molecular weight excluding hydrogens is 629 g/mol. The van der Waals surface area contributed by atoms with Crippen LogP contribution in [0.5, 0.6) is 0 Å². The molecule has 0 atom stereocenters. The summed E-state index contributed by atoms with van der Waals surface area (Å²) in [5.41, 5.74) is 6.79. The molecule has 3 aromatic rings. The largest absolute Gasteiger partial charge is 0.354 e. The molecule has 2 aromatic carbocycles. The summed E-state index contributed by atoms with van der Waals surface area (Å²) in [5, 5.41) is 0.458. The number of carbonyl (C=O) groups excluding carboxylic acids is 1. The number of unbranched alkanes of at least 4 members (excludes halogenated alkanes) is 1. The van der Waals surface area contributed by atoms with Crippen LogP contribution in [0.15, 0.2) is 83.9 Å². The number of halogens is 2. The third-order valence-corrected chi connectivity index (χ3v) is 8.13. The van der Waals surface area contributed by atoms with Crippen molar-refractivity contribution in [2.24, 2.45) is 10.9 Å². The maximum atomic E-state index is 13.1. The van der Waals surface area contributed by atoms with Gasteiger partial charge in [-0.2, -0.15) is 0 Å². The Morgan fingerprint density at radius 3 is 2.29 bits per heavy atom. The molecule has 259 valence electrons. The van der Waals surface area contributed by atoms with Crippen LogP contribution >= 0.6 is 11.6 Å². The van der Waals surface area contributed by atoms with E-state index in [1.165, 1.54) is 35.7 Å². The zero-order valence-electron chi connectivity index (χ0n) is 30.6. The Hall–Kier alpha value is -3.48. The third kappa shape index (κ3) is 16.7. The molecule has 0 N–H and O–H groups in total. The maximum Gasteiger partial charge on any atom is 0.203 e. The fourth-order valence-corrected chi connectivity index (χ4v) is 5.24. The number of aryl methyl sites for hydroxylation is 3. The summed E-state index contributed by atoms with van der Waals surface area (Å²) in [6.07, 6.45) is 6.28. The number of piperazine rings is 1. The molecule has 1 saturated heterocycles. The molecule has 3 radical (unpaired) electrons. The van der Waals surface area contributed by atoms with Crippen LogP contribution < -0.4 is 4.90 Å². The Labute approximate surface area is 302 Å². The summed E-state index contributed by atoms with van der Waals surface area (Å²) in [4.78, 5) is 24.2. The zero-order valence-corrected chi connectivity index (χ0v) is 31.4. The molecule has 1 fully saturated rings. The van der Waals surface area contributed by atoms with Crippen molar-refractivity contribution < 1.29 is 9.18 Å². The molecule has 5 nitrogen and oxygen atoms in total. The van der Waals surface area contributed by atoms with Crippen molar-refractivity contribution in [2.75, 3.05) is 37.6 Å². The molecule has 5 rings (SSSR count). The SMILES string of the molecule is C=C(C)CN1CCN(c2cccc(C)n2)CC1.CC(C)Cc1ccc(Cl)cc1F.CCCCC1=NC=C[B]1.[B]C(=O)c1ccc(C)c(C)c1. The Morgan fingerprint density at radius 1 is 1.04 bits per heavy atom. The third-order valence-electron chi connectivity index (χ3n) is 7.90. The van der Waals surface area contributed by atoms with Gasteiger partial charge in [-0.05, 0) is 106 Å². The minimum absolute atomic E-state index is 0.198. The first-order chi connectivity index (χ1) is 23.3. The molecular formula is C40H53B2ClFN4O. The first-order valence-corrected chi connectivity index (χ1v) is 17.6. The van der Waals surface area contributed by atoms with Crippen LogP contribution in [0.25, 0.3) is 0 Å². The van der Waals surface area contributed by atoms with E-state index in [-0.39, 0.29) is 11.5 Å². The van der Waals surface area contributed by atoms with E-state index in [9.17, 15) is 9.18 Å². The van der Waals surface area contributed by atoms with Crippen molar-refractivity contribution in [1.82, 2.24) is 9.88 Å². The minimum atomic E-state index is -0.367. The van der Waals surface area contributed by atoms with Gasteiger partial charge in [0.15, 0.2) is 7.85 Å². The van der Waals surface area contributed by atoms with Gasteiger partial charge in [0.05, 0.1) is 0 Å². The summed E-state index contributed by atoms with van der Waals surface area (Å²) in [7, 11) is 7.17. The average molecular weight is 682 g/mol. The summed E-state index contributed by atoms with van der Waals surface area (Å²) < 4.78 is 13.1. The molecule has 0 spiro atoms. The monoisotopic (exact) mass is 681 g/mol. The molecule has 0 bridgehead atoms. The quantitative estimate of drug-likeness (QED) is 0.167. The van der Waals surface area contributed by atoms with Gasteiger partial charge in [0, 0.05) is 55.2 Å². The van der Waals surface area contributed by atoms with E-state index in [1.807, 2.05) is 45.1 Å². The second kappa shape index (κ2) is 22.3.